The van der Waals surface area contributed by atoms with Crippen molar-refractivity contribution in [2.75, 3.05) is 7.11 Å². The second-order valence-electron chi connectivity index (χ2n) is 5.77. The maximum atomic E-state index is 12.9. The molecule has 1 aromatic rings. The van der Waals surface area contributed by atoms with E-state index in [0.29, 0.717) is 0 Å². The summed E-state index contributed by atoms with van der Waals surface area (Å²) in [4.78, 5) is 1.11. The van der Waals surface area contributed by atoms with Gasteiger partial charge in [-0.3, -0.25) is 5.43 Å². The van der Waals surface area contributed by atoms with Crippen molar-refractivity contribution in [3.05, 3.63) is 51.6 Å². The van der Waals surface area contributed by atoms with Crippen LogP contribution in [0.4, 0.5) is 0 Å². The molecule has 0 aromatic heterocycles. The Morgan fingerprint density at radius 3 is 3.14 bits per heavy atom. The molecule has 4 nitrogen and oxygen atoms in total. The van der Waals surface area contributed by atoms with Crippen LogP contribution in [0.25, 0.3) is 0 Å². The number of methoxy groups -OCH3 is 1. The van der Waals surface area contributed by atoms with Crippen LogP contribution in [0.5, 0.6) is 5.75 Å². The third-order valence-electron chi connectivity index (χ3n) is 4.61. The van der Waals surface area contributed by atoms with E-state index in [-0.39, 0.29) is 5.25 Å². The molecule has 0 fully saturated rings. The molecule has 0 spiro atoms. The van der Waals surface area contributed by atoms with E-state index in [2.05, 4.69) is 10.5 Å². The number of hydrazone groups is 1. The molecule has 0 radical (unpaired) electrons. The zero-order valence-electron chi connectivity index (χ0n) is 12.5. The predicted molar refractivity (Wildman–Crippen MR) is 88.0 cm³/mol. The average Bonchev–Trinajstić information content (AvgIpc) is 2.92. The fraction of sp³-hybridized carbons (Fsp3) is 0.353. The van der Waals surface area contributed by atoms with Crippen LogP contribution < -0.4 is 10.2 Å². The highest BCUT2D eigenvalue weighted by Crippen LogP contribution is 2.49. The average molecular weight is 314 g/mol. The zero-order valence-corrected chi connectivity index (χ0v) is 13.3. The molecule has 1 aliphatic carbocycles. The van der Waals surface area contributed by atoms with Crippen molar-refractivity contribution < 1.29 is 9.29 Å². The third-order valence-corrected chi connectivity index (χ3v) is 6.50. The van der Waals surface area contributed by atoms with Gasteiger partial charge in [0, 0.05) is 36.6 Å². The molecule has 5 heteroatoms. The lowest BCUT2D eigenvalue weighted by molar-refractivity contribution is 0.414. The normalized spacial score (nSPS) is 26.6. The van der Waals surface area contributed by atoms with E-state index in [1.807, 2.05) is 30.5 Å². The highest BCUT2D eigenvalue weighted by molar-refractivity contribution is 7.95. The van der Waals surface area contributed by atoms with Gasteiger partial charge in [-0.1, -0.05) is 12.1 Å². The Hall–Kier alpha value is -1.72. The summed E-state index contributed by atoms with van der Waals surface area (Å²) in [5.41, 5.74) is 7.98. The number of nitrogens with one attached hydrogen (secondary N) is 1. The number of hydrogen-bond acceptors (Lipinski definition) is 4. The molecule has 2 atom stereocenters. The van der Waals surface area contributed by atoms with Crippen molar-refractivity contribution in [3.63, 3.8) is 0 Å². The van der Waals surface area contributed by atoms with Crippen molar-refractivity contribution in [1.29, 1.82) is 0 Å². The van der Waals surface area contributed by atoms with E-state index in [4.69, 9.17) is 4.74 Å². The number of ether oxygens (including phenoxy) is 1. The summed E-state index contributed by atoms with van der Waals surface area (Å²) in [6.07, 6.45) is 5.54. The number of benzene rings is 1. The van der Waals surface area contributed by atoms with Gasteiger partial charge in [0.15, 0.2) is 0 Å². The molecule has 2 aliphatic heterocycles. The first-order chi connectivity index (χ1) is 10.8. The van der Waals surface area contributed by atoms with Gasteiger partial charge >= 0.3 is 0 Å². The molecule has 114 valence electrons. The van der Waals surface area contributed by atoms with Gasteiger partial charge in [-0.25, -0.2) is 0 Å². The van der Waals surface area contributed by atoms with Crippen molar-refractivity contribution >= 4 is 17.4 Å². The number of hydrogen-bond donors (Lipinski definition) is 1. The molecule has 0 bridgehead atoms. The Balaban J connectivity index is 1.66. The summed E-state index contributed by atoms with van der Waals surface area (Å²) < 4.78 is 18.2. The Bertz CT molecular complexity index is 708. The molecular weight excluding hydrogens is 296 g/mol. The van der Waals surface area contributed by atoms with Crippen molar-refractivity contribution in [1.82, 2.24) is 5.43 Å². The lowest BCUT2D eigenvalue weighted by Crippen LogP contribution is -2.19. The first kappa shape index (κ1) is 13.9. The van der Waals surface area contributed by atoms with E-state index in [0.717, 1.165) is 47.6 Å². The first-order valence-electron chi connectivity index (χ1n) is 7.54. The predicted octanol–water partition coefficient (Wildman–Crippen LogP) is 3.17. The van der Waals surface area contributed by atoms with Crippen molar-refractivity contribution in [2.45, 2.75) is 30.9 Å². The Labute approximate surface area is 133 Å². The fourth-order valence-electron chi connectivity index (χ4n) is 3.46. The monoisotopic (exact) mass is 314 g/mol. The molecule has 22 heavy (non-hydrogen) atoms. The van der Waals surface area contributed by atoms with Gasteiger partial charge in [-0.05, 0) is 35.3 Å². The molecule has 0 saturated carbocycles. The molecule has 1 N–H and O–H groups in total. The van der Waals surface area contributed by atoms with Crippen LogP contribution in [-0.2, 0) is 11.2 Å². The summed E-state index contributed by atoms with van der Waals surface area (Å²) in [6.45, 7) is 0. The molecule has 4 rings (SSSR count). The van der Waals surface area contributed by atoms with E-state index in [9.17, 15) is 4.55 Å². The largest absolute Gasteiger partial charge is 0.611 e. The highest BCUT2D eigenvalue weighted by Gasteiger charge is 2.42. The smallest absolute Gasteiger partial charge is 0.150 e. The minimum Gasteiger partial charge on any atom is -0.611 e. The highest BCUT2D eigenvalue weighted by atomic mass is 32.2. The summed E-state index contributed by atoms with van der Waals surface area (Å²) in [6, 6.07) is 7.94. The van der Waals surface area contributed by atoms with Gasteiger partial charge in [-0.15, -0.1) is 0 Å². The Morgan fingerprint density at radius 2 is 2.27 bits per heavy atom. The van der Waals surface area contributed by atoms with Crippen LogP contribution in [0.15, 0.2) is 51.1 Å². The minimum atomic E-state index is -0.955. The van der Waals surface area contributed by atoms with Gasteiger partial charge in [0.25, 0.3) is 0 Å². The number of allylic oxidation sites excluding steroid dienone is 3. The topological polar surface area (TPSA) is 56.7 Å². The second-order valence-corrected chi connectivity index (χ2v) is 7.43. The summed E-state index contributed by atoms with van der Waals surface area (Å²) in [5.74, 6) is 0.819. The maximum Gasteiger partial charge on any atom is 0.150 e. The van der Waals surface area contributed by atoms with Gasteiger partial charge in [0.05, 0.1) is 12.8 Å². The van der Waals surface area contributed by atoms with Gasteiger partial charge in [-0.2, -0.15) is 5.10 Å². The molecule has 2 unspecified atom stereocenters. The van der Waals surface area contributed by atoms with E-state index < -0.39 is 11.2 Å². The second kappa shape index (κ2) is 5.48. The SMILES string of the molecule is COc1cccc(C2CC3=C(CCC4=C3NN=CC4)[S+]2[O-])c1. The van der Waals surface area contributed by atoms with Crippen LogP contribution in [0.1, 0.15) is 36.5 Å². The molecule has 3 aliphatic rings. The molecule has 0 saturated heterocycles. The Morgan fingerprint density at radius 1 is 1.36 bits per heavy atom. The van der Waals surface area contributed by atoms with E-state index >= 15 is 0 Å². The van der Waals surface area contributed by atoms with E-state index in [1.165, 1.54) is 11.1 Å². The molecule has 0 amide bonds. The summed E-state index contributed by atoms with van der Waals surface area (Å²) in [7, 11) is 1.66. The summed E-state index contributed by atoms with van der Waals surface area (Å²) in [5, 5.41) is 4.21. The standard InChI is InChI=1S/C17H18N2O2S/c1-21-13-4-2-3-12(9-13)16-10-14-15(22(16)20)6-5-11-7-8-18-19-17(11)14/h2-4,8-9,16,19H,5-7,10H2,1H3. The Kier molecular flexibility index (Phi) is 3.47. The van der Waals surface area contributed by atoms with Crippen LogP contribution in [0.2, 0.25) is 0 Å². The van der Waals surface area contributed by atoms with Crippen molar-refractivity contribution in [3.8, 4) is 5.75 Å². The van der Waals surface area contributed by atoms with E-state index in [1.54, 1.807) is 7.11 Å². The lowest BCUT2D eigenvalue weighted by Gasteiger charge is -2.22. The first-order valence-corrected chi connectivity index (χ1v) is 8.75. The van der Waals surface area contributed by atoms with Crippen LogP contribution in [0.3, 0.4) is 0 Å². The maximum absolute atomic E-state index is 12.9. The van der Waals surface area contributed by atoms with Crippen LogP contribution >= 0.6 is 0 Å². The molecule has 1 aromatic carbocycles. The fourth-order valence-corrected chi connectivity index (χ4v) is 5.25. The zero-order chi connectivity index (χ0) is 15.1. The molecule has 2 heterocycles. The van der Waals surface area contributed by atoms with Crippen LogP contribution in [-0.4, -0.2) is 17.9 Å². The van der Waals surface area contributed by atoms with Gasteiger partial charge in [0.2, 0.25) is 0 Å². The minimum absolute atomic E-state index is 0.0275. The van der Waals surface area contributed by atoms with Gasteiger partial charge < -0.3 is 9.29 Å². The quantitative estimate of drug-likeness (QED) is 0.853. The molecular formula is C17H18N2O2S. The van der Waals surface area contributed by atoms with Crippen molar-refractivity contribution in [2.24, 2.45) is 5.10 Å². The third kappa shape index (κ3) is 2.16. The van der Waals surface area contributed by atoms with Crippen LogP contribution in [0, 0.1) is 0 Å². The lowest BCUT2D eigenvalue weighted by atomic mass is 9.90. The number of nitrogens with zero attached hydrogens (tertiary/aromatic N) is 1. The van der Waals surface area contributed by atoms with Gasteiger partial charge in [0.1, 0.15) is 15.9 Å². The number of rotatable bonds is 2. The number of fused-ring (bicyclic) bond motifs is 1. The summed E-state index contributed by atoms with van der Waals surface area (Å²) >= 11 is -0.955.